The summed E-state index contributed by atoms with van der Waals surface area (Å²) < 4.78 is 41.7. The van der Waals surface area contributed by atoms with E-state index < -0.39 is 34.3 Å². The average Bonchev–Trinajstić information content (AvgIpc) is 2.94. The van der Waals surface area contributed by atoms with Crippen molar-refractivity contribution in [3.8, 4) is 0 Å². The van der Waals surface area contributed by atoms with Crippen molar-refractivity contribution >= 4 is 27.5 Å². The van der Waals surface area contributed by atoms with Gasteiger partial charge in [0.2, 0.25) is 21.8 Å². The third kappa shape index (κ3) is 8.88. The van der Waals surface area contributed by atoms with Gasteiger partial charge in [0, 0.05) is 24.6 Å². The molecule has 0 aliphatic rings. The van der Waals surface area contributed by atoms with E-state index in [1.54, 1.807) is 30.3 Å². The lowest BCUT2D eigenvalue weighted by molar-refractivity contribution is -0.140. The average molecular weight is 582 g/mol. The van der Waals surface area contributed by atoms with Gasteiger partial charge in [-0.05, 0) is 48.6 Å². The molecule has 0 fully saturated rings. The van der Waals surface area contributed by atoms with Crippen molar-refractivity contribution in [3.05, 3.63) is 101 Å². The highest BCUT2D eigenvalue weighted by Gasteiger charge is 2.33. The van der Waals surface area contributed by atoms with Crippen molar-refractivity contribution in [2.75, 3.05) is 17.1 Å². The van der Waals surface area contributed by atoms with Gasteiger partial charge in [-0.1, -0.05) is 81.4 Å². The van der Waals surface area contributed by atoms with Crippen LogP contribution in [0.25, 0.3) is 0 Å². The molecule has 3 aromatic carbocycles. The van der Waals surface area contributed by atoms with E-state index >= 15 is 0 Å². The Morgan fingerprint density at radius 2 is 1.51 bits per heavy atom. The number of carbonyl (C=O) groups is 2. The van der Waals surface area contributed by atoms with Crippen LogP contribution in [0.4, 0.5) is 10.1 Å². The quantitative estimate of drug-likeness (QED) is 0.298. The molecule has 2 atom stereocenters. The lowest BCUT2D eigenvalue weighted by atomic mass is 10.0. The second-order valence-electron chi connectivity index (χ2n) is 10.7. The summed E-state index contributed by atoms with van der Waals surface area (Å²) in [6, 6.07) is 21.1. The van der Waals surface area contributed by atoms with E-state index in [0.29, 0.717) is 12.1 Å². The summed E-state index contributed by atoms with van der Waals surface area (Å²) in [5, 5.41) is 2.96. The van der Waals surface area contributed by atoms with Gasteiger partial charge in [-0.2, -0.15) is 0 Å². The van der Waals surface area contributed by atoms with Gasteiger partial charge in [0.05, 0.1) is 11.9 Å². The van der Waals surface area contributed by atoms with Gasteiger partial charge in [0.1, 0.15) is 18.4 Å². The molecule has 1 N–H and O–H groups in total. The predicted molar refractivity (Wildman–Crippen MR) is 162 cm³/mol. The first-order chi connectivity index (χ1) is 19.4. The summed E-state index contributed by atoms with van der Waals surface area (Å²) >= 11 is 0. The number of nitrogens with one attached hydrogen (secondary N) is 1. The molecule has 0 spiro atoms. The minimum Gasteiger partial charge on any atom is -0.352 e. The Hall–Kier alpha value is -3.72. The largest absolute Gasteiger partial charge is 0.352 e. The van der Waals surface area contributed by atoms with Crippen LogP contribution >= 0.6 is 0 Å². The molecule has 0 heterocycles. The second-order valence-corrected chi connectivity index (χ2v) is 12.6. The standard InChI is InChI=1S/C32H40FN3O4S/c1-6-24(4)34-32(38)30(20-25-12-8-7-9-13-25)35(21-27-14-10-11-15-29(27)33)31(37)22-36(41(5,39)40)28-18-16-26(17-19-28)23(2)3/h7-19,23-24,30H,6,20-22H2,1-5H3,(H,34,38)/t24-,30-/m0/s1. The van der Waals surface area contributed by atoms with Crippen LogP contribution in [0.5, 0.6) is 0 Å². The zero-order chi connectivity index (χ0) is 30.2. The highest BCUT2D eigenvalue weighted by Crippen LogP contribution is 2.24. The molecule has 0 bridgehead atoms. The first kappa shape index (κ1) is 31.8. The van der Waals surface area contributed by atoms with Gasteiger partial charge in [-0.3, -0.25) is 13.9 Å². The number of amides is 2. The van der Waals surface area contributed by atoms with Crippen LogP contribution in [-0.2, 0) is 32.6 Å². The Morgan fingerprint density at radius 3 is 2.07 bits per heavy atom. The molecule has 0 unspecified atom stereocenters. The number of nitrogens with zero attached hydrogens (tertiary/aromatic N) is 2. The number of sulfonamides is 1. The third-order valence-corrected chi connectivity index (χ3v) is 8.24. The summed E-state index contributed by atoms with van der Waals surface area (Å²) in [6.45, 7) is 7.12. The summed E-state index contributed by atoms with van der Waals surface area (Å²) in [5.41, 5.74) is 2.40. The fourth-order valence-corrected chi connectivity index (χ4v) is 5.29. The lowest BCUT2D eigenvalue weighted by Crippen LogP contribution is -2.54. The molecule has 220 valence electrons. The van der Waals surface area contributed by atoms with E-state index in [2.05, 4.69) is 5.32 Å². The Bertz CT molecular complexity index is 1410. The fraction of sp³-hybridized carbons (Fsp3) is 0.375. The van der Waals surface area contributed by atoms with Gasteiger partial charge < -0.3 is 10.2 Å². The van der Waals surface area contributed by atoms with Gasteiger partial charge in [0.15, 0.2) is 0 Å². The highest BCUT2D eigenvalue weighted by molar-refractivity contribution is 7.92. The number of anilines is 1. The van der Waals surface area contributed by atoms with E-state index in [4.69, 9.17) is 0 Å². The molecule has 0 aliphatic carbocycles. The maximum atomic E-state index is 14.8. The van der Waals surface area contributed by atoms with Crippen molar-refractivity contribution in [2.24, 2.45) is 0 Å². The number of hydrogen-bond donors (Lipinski definition) is 1. The zero-order valence-corrected chi connectivity index (χ0v) is 25.2. The van der Waals surface area contributed by atoms with E-state index in [1.807, 2.05) is 70.2 Å². The Morgan fingerprint density at radius 1 is 0.902 bits per heavy atom. The molecule has 2 amide bonds. The molecule has 3 aromatic rings. The summed E-state index contributed by atoms with van der Waals surface area (Å²) in [7, 11) is -3.88. The number of rotatable bonds is 13. The molecule has 9 heteroatoms. The Kier molecular flexibility index (Phi) is 11.1. The van der Waals surface area contributed by atoms with Crippen molar-refractivity contribution in [2.45, 2.75) is 65.1 Å². The number of halogens is 1. The number of carbonyl (C=O) groups excluding carboxylic acids is 2. The number of hydrogen-bond acceptors (Lipinski definition) is 4. The van der Waals surface area contributed by atoms with Crippen LogP contribution in [0.1, 0.15) is 56.7 Å². The molecule has 7 nitrogen and oxygen atoms in total. The summed E-state index contributed by atoms with van der Waals surface area (Å²) in [6.07, 6.45) is 1.89. The zero-order valence-electron chi connectivity index (χ0n) is 24.4. The van der Waals surface area contributed by atoms with Gasteiger partial charge in [-0.15, -0.1) is 0 Å². The normalized spacial score (nSPS) is 13.0. The van der Waals surface area contributed by atoms with Gasteiger partial charge in [0.25, 0.3) is 0 Å². The van der Waals surface area contributed by atoms with E-state index in [9.17, 15) is 22.4 Å². The molecule has 0 saturated carbocycles. The molecule has 0 aliphatic heterocycles. The van der Waals surface area contributed by atoms with E-state index in [-0.39, 0.29) is 36.4 Å². The molecule has 0 aromatic heterocycles. The van der Waals surface area contributed by atoms with Crippen LogP contribution in [0.2, 0.25) is 0 Å². The SMILES string of the molecule is CC[C@H](C)NC(=O)[C@H](Cc1ccccc1)N(Cc1ccccc1F)C(=O)CN(c1ccc(C(C)C)cc1)S(C)(=O)=O. The lowest BCUT2D eigenvalue weighted by Gasteiger charge is -2.34. The van der Waals surface area contributed by atoms with E-state index in [1.165, 1.54) is 11.0 Å². The maximum absolute atomic E-state index is 14.8. The van der Waals surface area contributed by atoms with Crippen molar-refractivity contribution in [1.82, 2.24) is 10.2 Å². The Balaban J connectivity index is 2.06. The van der Waals surface area contributed by atoms with Crippen LogP contribution in [0.15, 0.2) is 78.9 Å². The minimum absolute atomic E-state index is 0.154. The van der Waals surface area contributed by atoms with Crippen LogP contribution < -0.4 is 9.62 Å². The van der Waals surface area contributed by atoms with Crippen molar-refractivity contribution < 1.29 is 22.4 Å². The molecule has 41 heavy (non-hydrogen) atoms. The predicted octanol–water partition coefficient (Wildman–Crippen LogP) is 5.27. The van der Waals surface area contributed by atoms with Crippen LogP contribution in [-0.4, -0.2) is 50.0 Å². The maximum Gasteiger partial charge on any atom is 0.244 e. The minimum atomic E-state index is -3.88. The second kappa shape index (κ2) is 14.3. The van der Waals surface area contributed by atoms with Crippen LogP contribution in [0.3, 0.4) is 0 Å². The highest BCUT2D eigenvalue weighted by atomic mass is 32.2. The first-order valence-electron chi connectivity index (χ1n) is 13.9. The van der Waals surface area contributed by atoms with Crippen LogP contribution in [0, 0.1) is 5.82 Å². The first-order valence-corrected chi connectivity index (χ1v) is 15.7. The molecule has 0 saturated heterocycles. The fourth-order valence-electron chi connectivity index (χ4n) is 4.44. The smallest absolute Gasteiger partial charge is 0.244 e. The summed E-state index contributed by atoms with van der Waals surface area (Å²) in [5.74, 6) is -1.28. The molecule has 0 radical (unpaired) electrons. The topological polar surface area (TPSA) is 86.8 Å². The molecular formula is C32H40FN3O4S. The molecule has 3 rings (SSSR count). The number of benzene rings is 3. The molecular weight excluding hydrogens is 541 g/mol. The van der Waals surface area contributed by atoms with Gasteiger partial charge in [-0.25, -0.2) is 12.8 Å². The third-order valence-electron chi connectivity index (χ3n) is 7.10. The van der Waals surface area contributed by atoms with Gasteiger partial charge >= 0.3 is 0 Å². The van der Waals surface area contributed by atoms with E-state index in [0.717, 1.165) is 21.7 Å². The van der Waals surface area contributed by atoms with Crippen molar-refractivity contribution in [1.29, 1.82) is 0 Å². The van der Waals surface area contributed by atoms with Crippen molar-refractivity contribution in [3.63, 3.8) is 0 Å². The Labute approximate surface area is 243 Å². The monoisotopic (exact) mass is 581 g/mol. The summed E-state index contributed by atoms with van der Waals surface area (Å²) in [4.78, 5) is 29.0.